The van der Waals surface area contributed by atoms with Crippen LogP contribution >= 0.6 is 11.3 Å². The first-order valence-corrected chi connectivity index (χ1v) is 8.71. The van der Waals surface area contributed by atoms with E-state index in [-0.39, 0.29) is 17.6 Å². The lowest BCUT2D eigenvalue weighted by molar-refractivity contribution is -0.140. The van der Waals surface area contributed by atoms with Crippen LogP contribution in [0.15, 0.2) is 17.5 Å². The second-order valence-electron chi connectivity index (χ2n) is 6.25. The zero-order valence-corrected chi connectivity index (χ0v) is 13.5. The molecule has 3 heterocycles. The standard InChI is InChI=1S/C16H24N2O2S/c1-18-10-7-16(8-11-18)6-4-14(20-16)15(19)17-9-5-13-3-2-12-21-13/h2-3,12,14H,4-11H2,1H3,(H,17,19). The van der Waals surface area contributed by atoms with Gasteiger partial charge in [0, 0.05) is 24.5 Å². The van der Waals surface area contributed by atoms with E-state index in [9.17, 15) is 4.79 Å². The minimum Gasteiger partial charge on any atom is -0.362 e. The highest BCUT2D eigenvalue weighted by molar-refractivity contribution is 7.09. The van der Waals surface area contributed by atoms with Crippen LogP contribution in [0.4, 0.5) is 0 Å². The SMILES string of the molecule is CN1CCC2(CCC(C(=O)NCCc3cccs3)O2)CC1. The fourth-order valence-electron chi connectivity index (χ4n) is 3.27. The third kappa shape index (κ3) is 3.65. The van der Waals surface area contributed by atoms with E-state index in [2.05, 4.69) is 28.7 Å². The molecule has 21 heavy (non-hydrogen) atoms. The van der Waals surface area contributed by atoms with Crippen LogP contribution in [0.1, 0.15) is 30.6 Å². The van der Waals surface area contributed by atoms with E-state index in [1.807, 2.05) is 6.07 Å². The zero-order valence-electron chi connectivity index (χ0n) is 12.6. The summed E-state index contributed by atoms with van der Waals surface area (Å²) in [7, 11) is 2.15. The molecular weight excluding hydrogens is 284 g/mol. The van der Waals surface area contributed by atoms with E-state index in [0.29, 0.717) is 6.54 Å². The largest absolute Gasteiger partial charge is 0.362 e. The molecule has 2 aliphatic heterocycles. The first-order valence-electron chi connectivity index (χ1n) is 7.83. The van der Waals surface area contributed by atoms with Gasteiger partial charge in [0.1, 0.15) is 6.10 Å². The van der Waals surface area contributed by atoms with Gasteiger partial charge in [-0.25, -0.2) is 0 Å². The van der Waals surface area contributed by atoms with Gasteiger partial charge in [-0.15, -0.1) is 11.3 Å². The Morgan fingerprint density at radius 2 is 2.29 bits per heavy atom. The second-order valence-corrected chi connectivity index (χ2v) is 7.28. The lowest BCUT2D eigenvalue weighted by Gasteiger charge is -2.37. The quantitative estimate of drug-likeness (QED) is 0.925. The molecule has 0 saturated carbocycles. The predicted octanol–water partition coefficient (Wildman–Crippen LogP) is 2.05. The second kappa shape index (κ2) is 6.46. The van der Waals surface area contributed by atoms with Gasteiger partial charge in [0.15, 0.2) is 0 Å². The molecule has 1 aromatic heterocycles. The maximum atomic E-state index is 12.2. The Hall–Kier alpha value is -0.910. The maximum Gasteiger partial charge on any atom is 0.249 e. The van der Waals surface area contributed by atoms with Gasteiger partial charge in [0.05, 0.1) is 5.60 Å². The van der Waals surface area contributed by atoms with Crippen LogP contribution in [-0.4, -0.2) is 49.2 Å². The first-order chi connectivity index (χ1) is 10.2. The number of hydrogen-bond donors (Lipinski definition) is 1. The Morgan fingerprint density at radius 3 is 3.00 bits per heavy atom. The molecular formula is C16H24N2O2S. The van der Waals surface area contributed by atoms with Crippen LogP contribution < -0.4 is 5.32 Å². The number of thiophene rings is 1. The van der Waals surface area contributed by atoms with Crippen LogP contribution in [0.25, 0.3) is 0 Å². The monoisotopic (exact) mass is 308 g/mol. The van der Waals surface area contributed by atoms with Crippen molar-refractivity contribution < 1.29 is 9.53 Å². The van der Waals surface area contributed by atoms with Crippen molar-refractivity contribution in [3.05, 3.63) is 22.4 Å². The van der Waals surface area contributed by atoms with Crippen LogP contribution in [0.3, 0.4) is 0 Å². The van der Waals surface area contributed by atoms with E-state index in [0.717, 1.165) is 45.2 Å². The van der Waals surface area contributed by atoms with Crippen LogP contribution in [0.2, 0.25) is 0 Å². The molecule has 2 saturated heterocycles. The summed E-state index contributed by atoms with van der Waals surface area (Å²) in [6.07, 6.45) is 4.69. The summed E-state index contributed by atoms with van der Waals surface area (Å²) in [5.41, 5.74) is -0.0255. The molecule has 1 amide bonds. The van der Waals surface area contributed by atoms with Crippen molar-refractivity contribution in [3.63, 3.8) is 0 Å². The molecule has 1 N–H and O–H groups in total. The highest BCUT2D eigenvalue weighted by Gasteiger charge is 2.44. The number of nitrogens with zero attached hydrogens (tertiary/aromatic N) is 1. The molecule has 0 aliphatic carbocycles. The third-order valence-electron chi connectivity index (χ3n) is 4.70. The number of carbonyl (C=O) groups is 1. The number of nitrogens with one attached hydrogen (secondary N) is 1. The average Bonchev–Trinajstić information content (AvgIpc) is 3.13. The number of piperidine rings is 1. The Kier molecular flexibility index (Phi) is 4.62. The molecule has 116 valence electrons. The summed E-state index contributed by atoms with van der Waals surface area (Å²) in [6, 6.07) is 4.15. The zero-order chi connectivity index (χ0) is 14.7. The smallest absolute Gasteiger partial charge is 0.249 e. The van der Waals surface area contributed by atoms with Gasteiger partial charge >= 0.3 is 0 Å². The Balaban J connectivity index is 1.44. The van der Waals surface area contributed by atoms with Gasteiger partial charge in [0.25, 0.3) is 0 Å². The van der Waals surface area contributed by atoms with Crippen LogP contribution in [-0.2, 0) is 16.0 Å². The fourth-order valence-corrected chi connectivity index (χ4v) is 3.98. The Bertz CT molecular complexity index is 467. The molecule has 1 unspecified atom stereocenters. The summed E-state index contributed by atoms with van der Waals surface area (Å²) in [5, 5.41) is 5.10. The van der Waals surface area contributed by atoms with Crippen molar-refractivity contribution in [2.75, 3.05) is 26.7 Å². The lowest BCUT2D eigenvalue weighted by Crippen LogP contribution is -2.44. The lowest BCUT2D eigenvalue weighted by atomic mass is 9.89. The van der Waals surface area contributed by atoms with Crippen molar-refractivity contribution in [2.45, 2.75) is 43.8 Å². The van der Waals surface area contributed by atoms with Gasteiger partial charge in [-0.3, -0.25) is 4.79 Å². The normalized spacial score (nSPS) is 25.3. The van der Waals surface area contributed by atoms with E-state index in [1.165, 1.54) is 4.88 Å². The number of likely N-dealkylation sites (tertiary alicyclic amines) is 1. The first kappa shape index (κ1) is 15.0. The molecule has 4 nitrogen and oxygen atoms in total. The van der Waals surface area contributed by atoms with E-state index >= 15 is 0 Å². The molecule has 2 aliphatic rings. The number of ether oxygens (including phenoxy) is 1. The molecule has 0 radical (unpaired) electrons. The van der Waals surface area contributed by atoms with Crippen molar-refractivity contribution in [1.82, 2.24) is 10.2 Å². The molecule has 3 rings (SSSR count). The number of carbonyl (C=O) groups excluding carboxylic acids is 1. The van der Waals surface area contributed by atoms with Crippen molar-refractivity contribution in [1.29, 1.82) is 0 Å². The average molecular weight is 308 g/mol. The van der Waals surface area contributed by atoms with Crippen LogP contribution in [0.5, 0.6) is 0 Å². The van der Waals surface area contributed by atoms with Gasteiger partial charge in [0.2, 0.25) is 5.91 Å². The van der Waals surface area contributed by atoms with Gasteiger partial charge < -0.3 is 15.0 Å². The number of amides is 1. The highest BCUT2D eigenvalue weighted by Crippen LogP contribution is 2.38. The van der Waals surface area contributed by atoms with Gasteiger partial charge in [-0.2, -0.15) is 0 Å². The van der Waals surface area contributed by atoms with E-state index in [1.54, 1.807) is 11.3 Å². The summed E-state index contributed by atoms with van der Waals surface area (Å²) < 4.78 is 6.15. The minimum atomic E-state index is -0.239. The van der Waals surface area contributed by atoms with Gasteiger partial charge in [-0.1, -0.05) is 6.07 Å². The van der Waals surface area contributed by atoms with Crippen molar-refractivity contribution in [3.8, 4) is 0 Å². The van der Waals surface area contributed by atoms with E-state index in [4.69, 9.17) is 4.74 Å². The molecule has 0 aromatic carbocycles. The van der Waals surface area contributed by atoms with Crippen molar-refractivity contribution >= 4 is 17.2 Å². The predicted molar refractivity (Wildman–Crippen MR) is 84.6 cm³/mol. The molecule has 5 heteroatoms. The molecule has 2 fully saturated rings. The Morgan fingerprint density at radius 1 is 1.48 bits per heavy atom. The van der Waals surface area contributed by atoms with Crippen LogP contribution in [0, 0.1) is 0 Å². The number of rotatable bonds is 4. The highest BCUT2D eigenvalue weighted by atomic mass is 32.1. The molecule has 1 atom stereocenters. The minimum absolute atomic E-state index is 0.0255. The summed E-state index contributed by atoms with van der Waals surface area (Å²) >= 11 is 1.74. The molecule has 1 spiro atoms. The number of hydrogen-bond acceptors (Lipinski definition) is 4. The maximum absolute atomic E-state index is 12.2. The molecule has 1 aromatic rings. The fraction of sp³-hybridized carbons (Fsp3) is 0.688. The van der Waals surface area contributed by atoms with Gasteiger partial charge in [-0.05, 0) is 50.6 Å². The third-order valence-corrected chi connectivity index (χ3v) is 5.63. The Labute approximate surface area is 130 Å². The van der Waals surface area contributed by atoms with E-state index < -0.39 is 0 Å². The van der Waals surface area contributed by atoms with Crippen molar-refractivity contribution in [2.24, 2.45) is 0 Å². The topological polar surface area (TPSA) is 41.6 Å². The summed E-state index contributed by atoms with van der Waals surface area (Å²) in [6.45, 7) is 2.86. The summed E-state index contributed by atoms with van der Waals surface area (Å²) in [5.74, 6) is 0.0716. The summed E-state index contributed by atoms with van der Waals surface area (Å²) in [4.78, 5) is 15.9. The molecule has 0 bridgehead atoms.